The fourth-order valence-corrected chi connectivity index (χ4v) is 2.43. The van der Waals surface area contributed by atoms with Crippen LogP contribution >= 0.6 is 12.4 Å². The number of anilines is 1. The van der Waals surface area contributed by atoms with E-state index in [0.717, 1.165) is 0 Å². The molecule has 1 aliphatic heterocycles. The molecule has 2 heterocycles. The maximum atomic E-state index is 12.2. The number of nitrogens with two attached hydrogens (primary N) is 1. The van der Waals surface area contributed by atoms with Crippen molar-refractivity contribution in [1.29, 1.82) is 0 Å². The van der Waals surface area contributed by atoms with Gasteiger partial charge in [0.15, 0.2) is 5.82 Å². The second-order valence-electron chi connectivity index (χ2n) is 6.24. The zero-order chi connectivity index (χ0) is 17.0. The molecule has 1 aliphatic rings. The van der Waals surface area contributed by atoms with Crippen molar-refractivity contribution >= 4 is 30.0 Å². The van der Waals surface area contributed by atoms with Gasteiger partial charge >= 0.3 is 0 Å². The first kappa shape index (κ1) is 20.4. The average Bonchev–Trinajstić information content (AvgIpc) is 2.91. The van der Waals surface area contributed by atoms with E-state index in [1.165, 1.54) is 0 Å². The molecule has 3 N–H and O–H groups in total. The van der Waals surface area contributed by atoms with Gasteiger partial charge in [0.25, 0.3) is 0 Å². The lowest BCUT2D eigenvalue weighted by Gasteiger charge is -2.36. The van der Waals surface area contributed by atoms with E-state index in [-0.39, 0.29) is 36.7 Å². The van der Waals surface area contributed by atoms with Crippen molar-refractivity contribution in [1.82, 2.24) is 15.0 Å². The minimum atomic E-state index is -0.458. The summed E-state index contributed by atoms with van der Waals surface area (Å²) >= 11 is 0. The lowest BCUT2D eigenvalue weighted by Crippen LogP contribution is -2.55. The summed E-state index contributed by atoms with van der Waals surface area (Å²) in [7, 11) is 0. The van der Waals surface area contributed by atoms with E-state index in [4.69, 9.17) is 10.3 Å². The Labute approximate surface area is 148 Å². The van der Waals surface area contributed by atoms with Crippen LogP contribution in [0.5, 0.6) is 0 Å². The third kappa shape index (κ3) is 5.47. The topological polar surface area (TPSA) is 105 Å². The largest absolute Gasteiger partial charge is 0.360 e. The van der Waals surface area contributed by atoms with Gasteiger partial charge in [0.05, 0.1) is 12.6 Å². The second kappa shape index (κ2) is 9.00. The highest BCUT2D eigenvalue weighted by molar-refractivity contribution is 5.91. The first-order chi connectivity index (χ1) is 10.9. The number of amides is 2. The maximum absolute atomic E-state index is 12.2. The molecule has 0 bridgehead atoms. The molecule has 1 fully saturated rings. The summed E-state index contributed by atoms with van der Waals surface area (Å²) in [4.78, 5) is 27.9. The van der Waals surface area contributed by atoms with Crippen LogP contribution in [0.4, 0.5) is 5.82 Å². The lowest BCUT2D eigenvalue weighted by molar-refractivity contribution is -0.135. The smallest absolute Gasteiger partial charge is 0.239 e. The molecule has 0 radical (unpaired) electrons. The molecule has 1 saturated heterocycles. The number of halogens is 1. The number of aromatic nitrogens is 1. The first-order valence-corrected chi connectivity index (χ1v) is 7.86. The molecule has 2 amide bonds. The van der Waals surface area contributed by atoms with Crippen LogP contribution in [0.3, 0.4) is 0 Å². The minimum Gasteiger partial charge on any atom is -0.360 e. The molecule has 8 nitrogen and oxygen atoms in total. The van der Waals surface area contributed by atoms with Gasteiger partial charge in [0.2, 0.25) is 11.8 Å². The van der Waals surface area contributed by atoms with Crippen molar-refractivity contribution in [3.8, 4) is 0 Å². The fraction of sp³-hybridized carbons (Fsp3) is 0.667. The van der Waals surface area contributed by atoms with Gasteiger partial charge in [-0.2, -0.15) is 0 Å². The third-order valence-corrected chi connectivity index (χ3v) is 3.95. The van der Waals surface area contributed by atoms with E-state index in [1.807, 2.05) is 18.7 Å². The van der Waals surface area contributed by atoms with Crippen LogP contribution in [0.25, 0.3) is 0 Å². The van der Waals surface area contributed by atoms with Crippen LogP contribution in [-0.2, 0) is 9.59 Å². The molecule has 9 heteroatoms. The average molecular weight is 360 g/mol. The Morgan fingerprint density at radius 3 is 2.46 bits per heavy atom. The summed E-state index contributed by atoms with van der Waals surface area (Å²) in [5.74, 6) is 1.04. The van der Waals surface area contributed by atoms with E-state index in [9.17, 15) is 9.59 Å². The molecular formula is C15H26ClN5O3. The third-order valence-electron chi connectivity index (χ3n) is 3.95. The summed E-state index contributed by atoms with van der Waals surface area (Å²) < 4.78 is 4.90. The van der Waals surface area contributed by atoms with Crippen molar-refractivity contribution in [2.24, 2.45) is 11.7 Å². The highest BCUT2D eigenvalue weighted by Crippen LogP contribution is 2.09. The number of aryl methyl sites for hydroxylation is 1. The SMILES string of the molecule is Cc1cc(NC(=O)CN2CCN(C(=O)[C@@H](N)C(C)C)CC2)no1.Cl. The summed E-state index contributed by atoms with van der Waals surface area (Å²) in [5, 5.41) is 6.42. The molecule has 1 aromatic rings. The molecule has 0 unspecified atom stereocenters. The highest BCUT2D eigenvalue weighted by Gasteiger charge is 2.27. The first-order valence-electron chi connectivity index (χ1n) is 7.86. The van der Waals surface area contributed by atoms with Gasteiger partial charge in [-0.15, -0.1) is 12.4 Å². The number of piperazine rings is 1. The van der Waals surface area contributed by atoms with E-state index in [0.29, 0.717) is 37.8 Å². The molecule has 24 heavy (non-hydrogen) atoms. The predicted octanol–water partition coefficient (Wildman–Crippen LogP) is 0.471. The van der Waals surface area contributed by atoms with Gasteiger partial charge < -0.3 is 20.5 Å². The standard InChI is InChI=1S/C15H25N5O3.ClH/c1-10(2)14(16)15(22)20-6-4-19(5-7-20)9-13(21)17-12-8-11(3)23-18-12;/h8,10,14H,4-7,9,16H2,1-3H3,(H,17,18,21);1H/t14-;/m0./s1. The Kier molecular flexibility index (Phi) is 7.65. The quantitative estimate of drug-likeness (QED) is 0.791. The van der Waals surface area contributed by atoms with E-state index >= 15 is 0 Å². The maximum Gasteiger partial charge on any atom is 0.239 e. The van der Waals surface area contributed by atoms with E-state index in [1.54, 1.807) is 17.9 Å². The molecule has 2 rings (SSSR count). The summed E-state index contributed by atoms with van der Waals surface area (Å²) in [6, 6.07) is 1.21. The summed E-state index contributed by atoms with van der Waals surface area (Å²) in [6.45, 7) is 8.41. The Balaban J connectivity index is 0.00000288. The molecule has 1 atom stereocenters. The Morgan fingerprint density at radius 1 is 1.33 bits per heavy atom. The number of carbonyl (C=O) groups excluding carboxylic acids is 2. The second-order valence-corrected chi connectivity index (χ2v) is 6.24. The monoisotopic (exact) mass is 359 g/mol. The number of rotatable bonds is 5. The van der Waals surface area contributed by atoms with Crippen LogP contribution in [0.2, 0.25) is 0 Å². The number of hydrogen-bond donors (Lipinski definition) is 2. The van der Waals surface area contributed by atoms with Crippen molar-refractivity contribution in [3.05, 3.63) is 11.8 Å². The number of carbonyl (C=O) groups is 2. The molecular weight excluding hydrogens is 334 g/mol. The zero-order valence-electron chi connectivity index (χ0n) is 14.3. The molecule has 0 aromatic carbocycles. The fourth-order valence-electron chi connectivity index (χ4n) is 2.43. The van der Waals surface area contributed by atoms with Gasteiger partial charge in [-0.1, -0.05) is 19.0 Å². The zero-order valence-corrected chi connectivity index (χ0v) is 15.1. The molecule has 0 aliphatic carbocycles. The van der Waals surface area contributed by atoms with Gasteiger partial charge in [-0.05, 0) is 12.8 Å². The van der Waals surface area contributed by atoms with Gasteiger partial charge in [-0.3, -0.25) is 14.5 Å². The predicted molar refractivity (Wildman–Crippen MR) is 93.0 cm³/mol. The Morgan fingerprint density at radius 2 is 1.96 bits per heavy atom. The highest BCUT2D eigenvalue weighted by atomic mass is 35.5. The number of nitrogens with zero attached hydrogens (tertiary/aromatic N) is 3. The number of hydrogen-bond acceptors (Lipinski definition) is 6. The van der Waals surface area contributed by atoms with Gasteiger partial charge in [-0.25, -0.2) is 0 Å². The van der Waals surface area contributed by atoms with Crippen LogP contribution in [-0.4, -0.2) is 65.5 Å². The van der Waals surface area contributed by atoms with Crippen molar-refractivity contribution in [3.63, 3.8) is 0 Å². The lowest BCUT2D eigenvalue weighted by atomic mass is 10.0. The van der Waals surface area contributed by atoms with Crippen molar-refractivity contribution < 1.29 is 14.1 Å². The molecule has 136 valence electrons. The molecule has 1 aromatic heterocycles. The van der Waals surface area contributed by atoms with Crippen LogP contribution in [0, 0.1) is 12.8 Å². The van der Waals surface area contributed by atoms with Crippen molar-refractivity contribution in [2.45, 2.75) is 26.8 Å². The van der Waals surface area contributed by atoms with Crippen LogP contribution in [0.1, 0.15) is 19.6 Å². The summed E-state index contributed by atoms with van der Waals surface area (Å²) in [5.41, 5.74) is 5.91. The van der Waals surface area contributed by atoms with Crippen molar-refractivity contribution in [2.75, 3.05) is 38.0 Å². The normalized spacial score (nSPS) is 16.6. The summed E-state index contributed by atoms with van der Waals surface area (Å²) in [6.07, 6.45) is 0. The molecule has 0 saturated carbocycles. The van der Waals surface area contributed by atoms with Crippen LogP contribution in [0.15, 0.2) is 10.6 Å². The molecule has 0 spiro atoms. The van der Waals surface area contributed by atoms with E-state index in [2.05, 4.69) is 10.5 Å². The number of nitrogens with one attached hydrogen (secondary N) is 1. The van der Waals surface area contributed by atoms with Crippen LogP contribution < -0.4 is 11.1 Å². The Bertz CT molecular complexity index is 555. The van der Waals surface area contributed by atoms with Gasteiger partial charge in [0, 0.05) is 32.2 Å². The van der Waals surface area contributed by atoms with E-state index < -0.39 is 6.04 Å². The Hall–Kier alpha value is -1.64. The van der Waals surface area contributed by atoms with Gasteiger partial charge in [0.1, 0.15) is 5.76 Å². The minimum absolute atomic E-state index is 0.